The first-order valence-electron chi connectivity index (χ1n) is 9.20. The minimum Gasteiger partial charge on any atom is -0.325 e. The Balaban J connectivity index is 1.78. The van der Waals surface area contributed by atoms with Crippen LogP contribution in [0.2, 0.25) is 0 Å². The second-order valence-corrected chi connectivity index (χ2v) is 7.84. The largest absolute Gasteiger partial charge is 0.325 e. The number of anilines is 1. The van der Waals surface area contributed by atoms with Gasteiger partial charge in [-0.25, -0.2) is 4.98 Å². The smallest absolute Gasteiger partial charge is 0.252 e. The molecule has 0 aliphatic rings. The molecule has 0 saturated carbocycles. The van der Waals surface area contributed by atoms with Gasteiger partial charge in [0, 0.05) is 17.3 Å². The van der Waals surface area contributed by atoms with Crippen LogP contribution in [-0.2, 0) is 11.2 Å². The maximum Gasteiger partial charge on any atom is 0.252 e. The number of nitrogens with one attached hydrogen (secondary N) is 2. The van der Waals surface area contributed by atoms with E-state index in [0.29, 0.717) is 10.9 Å². The van der Waals surface area contributed by atoms with Crippen molar-refractivity contribution in [2.45, 2.75) is 37.6 Å². The molecule has 0 saturated heterocycles. The Morgan fingerprint density at radius 3 is 2.64 bits per heavy atom. The van der Waals surface area contributed by atoms with E-state index in [4.69, 9.17) is 0 Å². The molecule has 144 valence electrons. The van der Waals surface area contributed by atoms with Crippen LogP contribution in [0, 0.1) is 6.92 Å². The first-order valence-corrected chi connectivity index (χ1v) is 10.1. The van der Waals surface area contributed by atoms with Gasteiger partial charge in [-0.3, -0.25) is 9.59 Å². The molecule has 1 aromatic heterocycles. The number of H-pyrrole nitrogens is 1. The molecule has 2 N–H and O–H groups in total. The summed E-state index contributed by atoms with van der Waals surface area (Å²) in [5.74, 6) is -0.123. The van der Waals surface area contributed by atoms with E-state index in [1.807, 2.05) is 55.5 Å². The molecule has 0 spiro atoms. The molecule has 5 nitrogen and oxygen atoms in total. The van der Waals surface area contributed by atoms with Crippen LogP contribution in [0.15, 0.2) is 64.5 Å². The molecule has 0 radical (unpaired) electrons. The van der Waals surface area contributed by atoms with Gasteiger partial charge in [0.2, 0.25) is 5.91 Å². The number of amides is 1. The predicted molar refractivity (Wildman–Crippen MR) is 115 cm³/mol. The van der Waals surface area contributed by atoms with Crippen LogP contribution in [0.3, 0.4) is 0 Å². The van der Waals surface area contributed by atoms with Crippen molar-refractivity contribution in [1.82, 2.24) is 9.97 Å². The quantitative estimate of drug-likeness (QED) is 0.480. The molecule has 6 heteroatoms. The molecule has 0 aliphatic carbocycles. The van der Waals surface area contributed by atoms with Crippen molar-refractivity contribution in [3.8, 4) is 11.3 Å². The van der Waals surface area contributed by atoms with Gasteiger partial charge in [-0.15, -0.1) is 0 Å². The van der Waals surface area contributed by atoms with Crippen LogP contribution >= 0.6 is 11.8 Å². The summed E-state index contributed by atoms with van der Waals surface area (Å²) in [6, 6.07) is 17.0. The SMILES string of the molecule is CCc1cccc(C)c1NC(=O)C(C)Sc1nc(-c2ccccc2)cc(=O)[nH]1. The van der Waals surface area contributed by atoms with Crippen molar-refractivity contribution < 1.29 is 4.79 Å². The van der Waals surface area contributed by atoms with Gasteiger partial charge >= 0.3 is 0 Å². The fourth-order valence-corrected chi connectivity index (χ4v) is 3.71. The zero-order valence-electron chi connectivity index (χ0n) is 16.2. The topological polar surface area (TPSA) is 74.8 Å². The standard InChI is InChI=1S/C22H23N3O2S/c1-4-16-12-8-9-14(2)20(16)25-21(27)15(3)28-22-23-18(13-19(26)24-22)17-10-6-5-7-11-17/h5-13,15H,4H2,1-3H3,(H,25,27)(H,23,24,26). The lowest BCUT2D eigenvalue weighted by molar-refractivity contribution is -0.115. The van der Waals surface area contributed by atoms with Crippen LogP contribution in [0.1, 0.15) is 25.0 Å². The summed E-state index contributed by atoms with van der Waals surface area (Å²) in [6.45, 7) is 5.85. The second-order valence-electron chi connectivity index (χ2n) is 6.51. The summed E-state index contributed by atoms with van der Waals surface area (Å²) in [7, 11) is 0. The number of thioether (sulfide) groups is 1. The number of para-hydroxylation sites is 1. The third-order valence-corrected chi connectivity index (χ3v) is 5.42. The summed E-state index contributed by atoms with van der Waals surface area (Å²) in [5.41, 5.74) is 4.20. The highest BCUT2D eigenvalue weighted by molar-refractivity contribution is 8.00. The third kappa shape index (κ3) is 4.70. The Hall–Kier alpha value is -2.86. The number of carbonyl (C=O) groups is 1. The number of aromatic nitrogens is 2. The first-order chi connectivity index (χ1) is 13.5. The third-order valence-electron chi connectivity index (χ3n) is 4.44. The zero-order chi connectivity index (χ0) is 20.1. The highest BCUT2D eigenvalue weighted by Gasteiger charge is 2.18. The molecule has 2 aromatic carbocycles. The Labute approximate surface area is 168 Å². The van der Waals surface area contributed by atoms with Gasteiger partial charge in [0.05, 0.1) is 10.9 Å². The molecular formula is C22H23N3O2S. The summed E-state index contributed by atoms with van der Waals surface area (Å²) in [4.78, 5) is 32.0. The van der Waals surface area contributed by atoms with Crippen molar-refractivity contribution in [2.75, 3.05) is 5.32 Å². The summed E-state index contributed by atoms with van der Waals surface area (Å²) >= 11 is 1.23. The fraction of sp³-hybridized carbons (Fsp3) is 0.227. The molecule has 0 fully saturated rings. The van der Waals surface area contributed by atoms with Crippen LogP contribution in [-0.4, -0.2) is 21.1 Å². The van der Waals surface area contributed by atoms with Gasteiger partial charge in [0.15, 0.2) is 5.16 Å². The lowest BCUT2D eigenvalue weighted by Gasteiger charge is -2.16. The molecule has 3 aromatic rings. The minimum atomic E-state index is -0.418. The van der Waals surface area contributed by atoms with Gasteiger partial charge in [0.1, 0.15) is 0 Å². The van der Waals surface area contributed by atoms with Crippen molar-refractivity contribution in [1.29, 1.82) is 0 Å². The number of hydrogen-bond donors (Lipinski definition) is 2. The predicted octanol–water partition coefficient (Wildman–Crippen LogP) is 4.43. The zero-order valence-corrected chi connectivity index (χ0v) is 17.0. The Kier molecular flexibility index (Phi) is 6.31. The van der Waals surface area contributed by atoms with E-state index in [1.54, 1.807) is 6.92 Å². The van der Waals surface area contributed by atoms with Crippen LogP contribution < -0.4 is 10.9 Å². The molecule has 0 bridgehead atoms. The Morgan fingerprint density at radius 2 is 1.93 bits per heavy atom. The van der Waals surface area contributed by atoms with Crippen molar-refractivity contribution in [2.24, 2.45) is 0 Å². The van der Waals surface area contributed by atoms with E-state index in [0.717, 1.165) is 28.8 Å². The molecule has 3 rings (SSSR count). The van der Waals surface area contributed by atoms with Crippen molar-refractivity contribution in [3.63, 3.8) is 0 Å². The summed E-state index contributed by atoms with van der Waals surface area (Å²) < 4.78 is 0. The second kappa shape index (κ2) is 8.89. The van der Waals surface area contributed by atoms with E-state index in [2.05, 4.69) is 22.2 Å². The number of carbonyl (C=O) groups excluding carboxylic acids is 1. The van der Waals surface area contributed by atoms with E-state index in [9.17, 15) is 9.59 Å². The molecule has 1 atom stereocenters. The normalized spacial score (nSPS) is 11.8. The van der Waals surface area contributed by atoms with Gasteiger partial charge in [-0.1, -0.05) is 67.2 Å². The summed E-state index contributed by atoms with van der Waals surface area (Å²) in [6.07, 6.45) is 0.840. The van der Waals surface area contributed by atoms with Gasteiger partial charge in [0.25, 0.3) is 5.56 Å². The number of aromatic amines is 1. The van der Waals surface area contributed by atoms with E-state index in [1.165, 1.54) is 17.8 Å². The molecular weight excluding hydrogens is 370 g/mol. The van der Waals surface area contributed by atoms with Gasteiger partial charge in [-0.2, -0.15) is 0 Å². The van der Waals surface area contributed by atoms with E-state index < -0.39 is 5.25 Å². The number of hydrogen-bond acceptors (Lipinski definition) is 4. The number of benzene rings is 2. The highest BCUT2D eigenvalue weighted by atomic mass is 32.2. The molecule has 1 unspecified atom stereocenters. The fourth-order valence-electron chi connectivity index (χ4n) is 2.90. The molecule has 1 heterocycles. The maximum atomic E-state index is 12.7. The van der Waals surface area contributed by atoms with E-state index >= 15 is 0 Å². The monoisotopic (exact) mass is 393 g/mol. The number of aryl methyl sites for hydroxylation is 2. The van der Waals surface area contributed by atoms with Crippen molar-refractivity contribution in [3.05, 3.63) is 76.1 Å². The highest BCUT2D eigenvalue weighted by Crippen LogP contribution is 2.25. The number of rotatable bonds is 6. The van der Waals surface area contributed by atoms with Crippen LogP contribution in [0.25, 0.3) is 11.3 Å². The van der Waals surface area contributed by atoms with Gasteiger partial charge < -0.3 is 10.3 Å². The Morgan fingerprint density at radius 1 is 1.18 bits per heavy atom. The molecule has 1 amide bonds. The lowest BCUT2D eigenvalue weighted by Crippen LogP contribution is -2.24. The van der Waals surface area contributed by atoms with Crippen LogP contribution in [0.5, 0.6) is 0 Å². The van der Waals surface area contributed by atoms with Crippen molar-refractivity contribution >= 4 is 23.4 Å². The summed E-state index contributed by atoms with van der Waals surface area (Å²) in [5, 5.41) is 3.04. The van der Waals surface area contributed by atoms with E-state index in [-0.39, 0.29) is 11.5 Å². The minimum absolute atomic E-state index is 0.123. The maximum absolute atomic E-state index is 12.7. The molecule has 0 aliphatic heterocycles. The first kappa shape index (κ1) is 19.9. The average Bonchev–Trinajstić information content (AvgIpc) is 2.69. The average molecular weight is 394 g/mol. The molecule has 28 heavy (non-hydrogen) atoms. The number of nitrogens with zero attached hydrogens (tertiary/aromatic N) is 1. The lowest BCUT2D eigenvalue weighted by atomic mass is 10.1. The van der Waals surface area contributed by atoms with Gasteiger partial charge in [-0.05, 0) is 31.4 Å². The van der Waals surface area contributed by atoms with Crippen LogP contribution in [0.4, 0.5) is 5.69 Å². The Bertz CT molecular complexity index is 1030.